The Bertz CT molecular complexity index is 1060. The number of aromatic nitrogens is 2. The second-order valence-corrected chi connectivity index (χ2v) is 10.1. The van der Waals surface area contributed by atoms with Crippen LogP contribution in [-0.4, -0.2) is 63.3 Å². The number of aliphatic carboxylic acids is 1. The topological polar surface area (TPSA) is 87.5 Å². The SMILES string of the molecule is CCc1ccccc1-c1cc(C(=O)N[C@@H](CCN2CCC(F)(F)CC2)CC(=O)O)nn1C1CCCC1. The van der Waals surface area contributed by atoms with E-state index in [0.717, 1.165) is 43.4 Å². The van der Waals surface area contributed by atoms with E-state index in [0.29, 0.717) is 13.0 Å². The molecule has 0 radical (unpaired) electrons. The monoisotopic (exact) mass is 502 g/mol. The molecule has 9 heteroatoms. The van der Waals surface area contributed by atoms with Crippen LogP contribution in [0.4, 0.5) is 8.78 Å². The second kappa shape index (κ2) is 11.5. The minimum Gasteiger partial charge on any atom is -0.481 e. The van der Waals surface area contributed by atoms with Crippen LogP contribution in [0.3, 0.4) is 0 Å². The van der Waals surface area contributed by atoms with Crippen molar-refractivity contribution in [3.63, 3.8) is 0 Å². The molecule has 4 rings (SSSR count). The third kappa shape index (κ3) is 6.49. The van der Waals surface area contributed by atoms with E-state index in [1.807, 2.05) is 27.8 Å². The summed E-state index contributed by atoms with van der Waals surface area (Å²) < 4.78 is 28.9. The number of halogens is 2. The smallest absolute Gasteiger partial charge is 0.305 e. The van der Waals surface area contributed by atoms with Crippen LogP contribution in [0.25, 0.3) is 11.3 Å². The minimum absolute atomic E-state index is 0.191. The van der Waals surface area contributed by atoms with E-state index in [2.05, 4.69) is 24.4 Å². The molecule has 36 heavy (non-hydrogen) atoms. The first-order chi connectivity index (χ1) is 17.3. The van der Waals surface area contributed by atoms with Crippen molar-refractivity contribution in [3.05, 3.63) is 41.6 Å². The predicted octanol–water partition coefficient (Wildman–Crippen LogP) is 4.92. The molecule has 0 bridgehead atoms. The lowest BCUT2D eigenvalue weighted by Gasteiger charge is -2.32. The maximum Gasteiger partial charge on any atom is 0.305 e. The number of likely N-dealkylation sites (tertiary alicyclic amines) is 1. The molecule has 2 N–H and O–H groups in total. The number of nitrogens with zero attached hydrogens (tertiary/aromatic N) is 3. The molecule has 1 saturated carbocycles. The van der Waals surface area contributed by atoms with Gasteiger partial charge in [0.1, 0.15) is 0 Å². The highest BCUT2D eigenvalue weighted by Crippen LogP contribution is 2.35. The van der Waals surface area contributed by atoms with Crippen LogP contribution >= 0.6 is 0 Å². The minimum atomic E-state index is -2.63. The van der Waals surface area contributed by atoms with Crippen molar-refractivity contribution in [2.45, 2.75) is 82.7 Å². The second-order valence-electron chi connectivity index (χ2n) is 10.1. The highest BCUT2D eigenvalue weighted by atomic mass is 19.3. The number of piperidine rings is 1. The Morgan fingerprint density at radius 2 is 1.89 bits per heavy atom. The Kier molecular flexibility index (Phi) is 8.39. The third-order valence-electron chi connectivity index (χ3n) is 7.45. The average molecular weight is 503 g/mol. The Labute approximate surface area is 210 Å². The summed E-state index contributed by atoms with van der Waals surface area (Å²) >= 11 is 0. The Hall–Kier alpha value is -2.81. The predicted molar refractivity (Wildman–Crippen MR) is 133 cm³/mol. The normalized spacial score (nSPS) is 19.3. The van der Waals surface area contributed by atoms with Gasteiger partial charge in [0.25, 0.3) is 11.8 Å². The summed E-state index contributed by atoms with van der Waals surface area (Å²) in [4.78, 5) is 26.6. The van der Waals surface area contributed by atoms with Gasteiger partial charge in [-0.05, 0) is 37.3 Å². The van der Waals surface area contributed by atoms with Gasteiger partial charge in [0.2, 0.25) is 0 Å². The van der Waals surface area contributed by atoms with Gasteiger partial charge in [-0.1, -0.05) is 44.0 Å². The molecule has 2 heterocycles. The van der Waals surface area contributed by atoms with E-state index in [9.17, 15) is 23.5 Å². The van der Waals surface area contributed by atoms with E-state index in [4.69, 9.17) is 5.10 Å². The summed E-state index contributed by atoms with van der Waals surface area (Å²) in [7, 11) is 0. The first kappa shape index (κ1) is 26.3. The van der Waals surface area contributed by atoms with Gasteiger partial charge in [-0.15, -0.1) is 0 Å². The molecule has 0 unspecified atom stereocenters. The number of benzene rings is 1. The number of amides is 1. The molecule has 1 amide bonds. The molecular formula is C27H36F2N4O3. The first-order valence-electron chi connectivity index (χ1n) is 13.1. The van der Waals surface area contributed by atoms with Crippen molar-refractivity contribution in [3.8, 4) is 11.3 Å². The quantitative estimate of drug-likeness (QED) is 0.482. The lowest BCUT2D eigenvalue weighted by molar-refractivity contribution is -0.137. The molecule has 1 aliphatic carbocycles. The molecule has 1 atom stereocenters. The molecule has 2 aromatic rings. The summed E-state index contributed by atoms with van der Waals surface area (Å²) in [6.45, 7) is 3.10. The summed E-state index contributed by atoms with van der Waals surface area (Å²) in [5, 5.41) is 17.0. The number of carboxylic acid groups (broad SMARTS) is 1. The average Bonchev–Trinajstić information content (AvgIpc) is 3.53. The van der Waals surface area contributed by atoms with E-state index in [-0.39, 0.29) is 44.1 Å². The number of nitrogens with one attached hydrogen (secondary N) is 1. The number of carbonyl (C=O) groups is 2. The van der Waals surface area contributed by atoms with Gasteiger partial charge < -0.3 is 15.3 Å². The Morgan fingerprint density at radius 1 is 1.19 bits per heavy atom. The summed E-state index contributed by atoms with van der Waals surface area (Å²) in [6.07, 6.45) is 4.90. The lowest BCUT2D eigenvalue weighted by atomic mass is 10.0. The molecule has 7 nitrogen and oxygen atoms in total. The first-order valence-corrected chi connectivity index (χ1v) is 13.1. The van der Waals surface area contributed by atoms with E-state index < -0.39 is 23.8 Å². The van der Waals surface area contributed by atoms with Gasteiger partial charge in [0.15, 0.2) is 5.69 Å². The molecule has 2 fully saturated rings. The van der Waals surface area contributed by atoms with Gasteiger partial charge in [-0.3, -0.25) is 14.3 Å². The number of aryl methyl sites for hydroxylation is 1. The van der Waals surface area contributed by atoms with E-state index >= 15 is 0 Å². The zero-order valence-electron chi connectivity index (χ0n) is 20.9. The van der Waals surface area contributed by atoms with Crippen molar-refractivity contribution < 1.29 is 23.5 Å². The van der Waals surface area contributed by atoms with Crippen LogP contribution in [0.5, 0.6) is 0 Å². The lowest BCUT2D eigenvalue weighted by Crippen LogP contribution is -2.43. The highest BCUT2D eigenvalue weighted by Gasteiger charge is 2.34. The number of hydrogen-bond acceptors (Lipinski definition) is 4. The number of alkyl halides is 2. The van der Waals surface area contributed by atoms with Gasteiger partial charge >= 0.3 is 5.97 Å². The van der Waals surface area contributed by atoms with Gasteiger partial charge in [0.05, 0.1) is 18.2 Å². The zero-order valence-corrected chi connectivity index (χ0v) is 20.9. The molecule has 1 aromatic heterocycles. The van der Waals surface area contributed by atoms with Crippen molar-refractivity contribution in [2.75, 3.05) is 19.6 Å². The van der Waals surface area contributed by atoms with Crippen LogP contribution < -0.4 is 5.32 Å². The number of rotatable bonds is 10. The van der Waals surface area contributed by atoms with Crippen molar-refractivity contribution in [2.24, 2.45) is 0 Å². The molecule has 1 aromatic carbocycles. The highest BCUT2D eigenvalue weighted by molar-refractivity contribution is 5.94. The van der Waals surface area contributed by atoms with Crippen molar-refractivity contribution in [1.82, 2.24) is 20.0 Å². The van der Waals surface area contributed by atoms with Crippen LogP contribution in [-0.2, 0) is 11.2 Å². The van der Waals surface area contributed by atoms with Gasteiger partial charge in [-0.25, -0.2) is 8.78 Å². The number of carbonyl (C=O) groups excluding carboxylic acids is 1. The Morgan fingerprint density at radius 3 is 2.56 bits per heavy atom. The summed E-state index contributed by atoms with van der Waals surface area (Å²) in [6, 6.07) is 9.57. The standard InChI is InChI=1S/C27H36F2N4O3/c1-2-19-7-3-6-10-22(19)24-18-23(31-33(24)21-8-4-5-9-21)26(36)30-20(17-25(34)35)11-14-32-15-12-27(28,29)13-16-32/h3,6-7,10,18,20-21H,2,4-5,8-9,11-17H2,1H3,(H,30,36)(H,34,35)/t20-/m0/s1. The van der Waals surface area contributed by atoms with Gasteiger partial charge in [-0.2, -0.15) is 5.10 Å². The van der Waals surface area contributed by atoms with Crippen LogP contribution in [0.2, 0.25) is 0 Å². The molecule has 2 aliphatic rings. The molecular weight excluding hydrogens is 466 g/mol. The van der Waals surface area contributed by atoms with E-state index in [1.54, 1.807) is 0 Å². The molecule has 1 saturated heterocycles. The van der Waals surface area contributed by atoms with Crippen molar-refractivity contribution >= 4 is 11.9 Å². The summed E-state index contributed by atoms with van der Waals surface area (Å²) in [5.41, 5.74) is 3.42. The van der Waals surface area contributed by atoms with Crippen molar-refractivity contribution in [1.29, 1.82) is 0 Å². The zero-order chi connectivity index (χ0) is 25.7. The molecule has 196 valence electrons. The Balaban J connectivity index is 1.50. The fourth-order valence-electron chi connectivity index (χ4n) is 5.35. The fourth-order valence-corrected chi connectivity index (χ4v) is 5.35. The van der Waals surface area contributed by atoms with E-state index in [1.165, 1.54) is 5.56 Å². The van der Waals surface area contributed by atoms with Crippen LogP contribution in [0.1, 0.15) is 80.4 Å². The van der Waals surface area contributed by atoms with Crippen LogP contribution in [0.15, 0.2) is 30.3 Å². The third-order valence-corrected chi connectivity index (χ3v) is 7.45. The number of carboxylic acids is 1. The summed E-state index contributed by atoms with van der Waals surface area (Å²) in [5.74, 6) is -4.05. The van der Waals surface area contributed by atoms with Crippen LogP contribution in [0, 0.1) is 0 Å². The number of hydrogen-bond donors (Lipinski definition) is 2. The largest absolute Gasteiger partial charge is 0.481 e. The fraction of sp³-hybridized carbons (Fsp3) is 0.593. The molecule has 1 aliphatic heterocycles. The maximum absolute atomic E-state index is 13.5. The maximum atomic E-state index is 13.5. The van der Waals surface area contributed by atoms with Gasteiger partial charge in [0, 0.05) is 44.1 Å². The molecule has 0 spiro atoms.